The van der Waals surface area contributed by atoms with Gasteiger partial charge in [0.05, 0.1) is 6.10 Å². The van der Waals surface area contributed by atoms with Crippen LogP contribution in [0.5, 0.6) is 0 Å². The summed E-state index contributed by atoms with van der Waals surface area (Å²) in [6, 6.07) is 0.406. The van der Waals surface area contributed by atoms with E-state index in [1.165, 1.54) is 32.1 Å². The van der Waals surface area contributed by atoms with E-state index in [0.29, 0.717) is 6.04 Å². The highest BCUT2D eigenvalue weighted by Crippen LogP contribution is 2.32. The Labute approximate surface area is 74.4 Å². The van der Waals surface area contributed by atoms with E-state index in [1.54, 1.807) is 0 Å². The zero-order chi connectivity index (χ0) is 8.39. The summed E-state index contributed by atoms with van der Waals surface area (Å²) >= 11 is 0. The van der Waals surface area contributed by atoms with Crippen molar-refractivity contribution in [1.82, 2.24) is 5.32 Å². The lowest BCUT2D eigenvalue weighted by Crippen LogP contribution is -2.36. The van der Waals surface area contributed by atoms with Gasteiger partial charge in [0.1, 0.15) is 0 Å². The van der Waals surface area contributed by atoms with Crippen LogP contribution >= 0.6 is 0 Å². The first kappa shape index (κ1) is 8.52. The molecule has 70 valence electrons. The lowest BCUT2D eigenvalue weighted by Gasteiger charge is -2.15. The average Bonchev–Trinajstić information content (AvgIpc) is 2.78. The van der Waals surface area contributed by atoms with Crippen molar-refractivity contribution in [1.29, 1.82) is 0 Å². The van der Waals surface area contributed by atoms with E-state index in [4.69, 9.17) is 0 Å². The third-order valence-corrected chi connectivity index (χ3v) is 3.14. The molecule has 12 heavy (non-hydrogen) atoms. The lowest BCUT2D eigenvalue weighted by molar-refractivity contribution is 0.149. The van der Waals surface area contributed by atoms with Gasteiger partial charge in [0.25, 0.3) is 0 Å². The van der Waals surface area contributed by atoms with Gasteiger partial charge >= 0.3 is 0 Å². The molecule has 2 atom stereocenters. The van der Waals surface area contributed by atoms with Crippen LogP contribution in [0.1, 0.15) is 38.5 Å². The molecule has 0 amide bonds. The molecule has 0 heterocycles. The fraction of sp³-hybridized carbons (Fsp3) is 1.00. The summed E-state index contributed by atoms with van der Waals surface area (Å²) in [4.78, 5) is 0. The topological polar surface area (TPSA) is 32.3 Å². The Kier molecular flexibility index (Phi) is 2.66. The van der Waals surface area contributed by atoms with Crippen LogP contribution in [0.15, 0.2) is 0 Å². The van der Waals surface area contributed by atoms with Crippen molar-refractivity contribution in [3.63, 3.8) is 0 Å². The molecular formula is C10H19NO. The first-order valence-electron chi connectivity index (χ1n) is 5.28. The molecule has 0 saturated heterocycles. The van der Waals surface area contributed by atoms with E-state index in [-0.39, 0.29) is 6.10 Å². The van der Waals surface area contributed by atoms with Gasteiger partial charge in [0.2, 0.25) is 0 Å². The summed E-state index contributed by atoms with van der Waals surface area (Å²) < 4.78 is 0. The minimum Gasteiger partial charge on any atom is -0.392 e. The van der Waals surface area contributed by atoms with Crippen LogP contribution in [0.25, 0.3) is 0 Å². The maximum atomic E-state index is 9.51. The number of aliphatic hydroxyl groups is 1. The van der Waals surface area contributed by atoms with Gasteiger partial charge < -0.3 is 10.4 Å². The molecule has 0 aromatic carbocycles. The molecule has 2 saturated carbocycles. The van der Waals surface area contributed by atoms with Crippen molar-refractivity contribution < 1.29 is 5.11 Å². The molecule has 0 radical (unpaired) electrons. The predicted molar refractivity (Wildman–Crippen MR) is 49.0 cm³/mol. The van der Waals surface area contributed by atoms with Crippen LogP contribution in [-0.2, 0) is 0 Å². The zero-order valence-electron chi connectivity index (χ0n) is 7.63. The molecule has 0 bridgehead atoms. The average molecular weight is 169 g/mol. The molecule has 2 aliphatic carbocycles. The van der Waals surface area contributed by atoms with Gasteiger partial charge in [0.15, 0.2) is 0 Å². The largest absolute Gasteiger partial charge is 0.392 e. The van der Waals surface area contributed by atoms with E-state index >= 15 is 0 Å². The van der Waals surface area contributed by atoms with Crippen molar-refractivity contribution in [2.24, 2.45) is 5.92 Å². The van der Waals surface area contributed by atoms with E-state index in [0.717, 1.165) is 18.9 Å². The van der Waals surface area contributed by atoms with Gasteiger partial charge in [-0.25, -0.2) is 0 Å². The zero-order valence-corrected chi connectivity index (χ0v) is 7.63. The molecule has 2 fully saturated rings. The third-order valence-electron chi connectivity index (χ3n) is 3.14. The lowest BCUT2D eigenvalue weighted by atomic mass is 10.2. The Morgan fingerprint density at radius 1 is 1.17 bits per heavy atom. The number of hydrogen-bond donors (Lipinski definition) is 2. The SMILES string of the molecule is O[C@H]1CCC[C@@H]1NCCC1CC1. The van der Waals surface area contributed by atoms with Crippen LogP contribution in [0, 0.1) is 5.92 Å². The van der Waals surface area contributed by atoms with E-state index in [1.807, 2.05) is 0 Å². The second-order valence-corrected chi connectivity index (χ2v) is 4.29. The van der Waals surface area contributed by atoms with Crippen LogP contribution in [-0.4, -0.2) is 23.8 Å². The van der Waals surface area contributed by atoms with Gasteiger partial charge in [-0.2, -0.15) is 0 Å². The molecule has 0 aromatic rings. The fourth-order valence-corrected chi connectivity index (χ4v) is 2.06. The summed E-state index contributed by atoms with van der Waals surface area (Å²) in [6.45, 7) is 1.12. The predicted octanol–water partition coefficient (Wildman–Crippen LogP) is 1.29. The number of hydrogen-bond acceptors (Lipinski definition) is 2. The van der Waals surface area contributed by atoms with Crippen LogP contribution < -0.4 is 5.32 Å². The highest BCUT2D eigenvalue weighted by Gasteiger charge is 2.25. The van der Waals surface area contributed by atoms with Crippen LogP contribution in [0.2, 0.25) is 0 Å². The fourth-order valence-electron chi connectivity index (χ4n) is 2.06. The first-order chi connectivity index (χ1) is 5.86. The smallest absolute Gasteiger partial charge is 0.0693 e. The monoisotopic (exact) mass is 169 g/mol. The van der Waals surface area contributed by atoms with E-state index in [2.05, 4.69) is 5.32 Å². The molecule has 0 aliphatic heterocycles. The Morgan fingerprint density at radius 2 is 2.00 bits per heavy atom. The molecule has 2 rings (SSSR count). The normalized spacial score (nSPS) is 35.8. The molecular weight excluding hydrogens is 150 g/mol. The first-order valence-corrected chi connectivity index (χ1v) is 5.28. The molecule has 2 nitrogen and oxygen atoms in total. The Bertz CT molecular complexity index is 145. The molecule has 0 unspecified atom stereocenters. The molecule has 0 spiro atoms. The number of aliphatic hydroxyl groups excluding tert-OH is 1. The highest BCUT2D eigenvalue weighted by atomic mass is 16.3. The summed E-state index contributed by atoms with van der Waals surface area (Å²) in [5.41, 5.74) is 0. The van der Waals surface area contributed by atoms with Crippen LogP contribution in [0.3, 0.4) is 0 Å². The Hall–Kier alpha value is -0.0800. The van der Waals surface area contributed by atoms with Gasteiger partial charge in [0, 0.05) is 6.04 Å². The Morgan fingerprint density at radius 3 is 2.58 bits per heavy atom. The molecule has 0 aromatic heterocycles. The summed E-state index contributed by atoms with van der Waals surface area (Å²) in [5.74, 6) is 1.01. The van der Waals surface area contributed by atoms with Crippen molar-refractivity contribution in [2.45, 2.75) is 50.7 Å². The van der Waals surface area contributed by atoms with Crippen molar-refractivity contribution in [2.75, 3.05) is 6.54 Å². The maximum absolute atomic E-state index is 9.51. The van der Waals surface area contributed by atoms with Gasteiger partial charge in [-0.3, -0.25) is 0 Å². The van der Waals surface area contributed by atoms with Gasteiger partial charge in [-0.15, -0.1) is 0 Å². The second kappa shape index (κ2) is 3.75. The van der Waals surface area contributed by atoms with Crippen molar-refractivity contribution >= 4 is 0 Å². The number of rotatable bonds is 4. The summed E-state index contributed by atoms with van der Waals surface area (Å²) in [7, 11) is 0. The maximum Gasteiger partial charge on any atom is 0.0693 e. The summed E-state index contributed by atoms with van der Waals surface area (Å²) in [6.07, 6.45) is 7.51. The molecule has 2 N–H and O–H groups in total. The van der Waals surface area contributed by atoms with Gasteiger partial charge in [-0.05, 0) is 38.1 Å². The van der Waals surface area contributed by atoms with E-state index in [9.17, 15) is 5.11 Å². The number of nitrogens with one attached hydrogen (secondary N) is 1. The standard InChI is InChI=1S/C10H19NO/c12-10-3-1-2-9(10)11-7-6-8-4-5-8/h8-12H,1-7H2/t9-,10-/m0/s1. The van der Waals surface area contributed by atoms with Gasteiger partial charge in [-0.1, -0.05) is 12.8 Å². The third kappa shape index (κ3) is 2.20. The van der Waals surface area contributed by atoms with Crippen molar-refractivity contribution in [3.05, 3.63) is 0 Å². The minimum atomic E-state index is -0.0656. The highest BCUT2D eigenvalue weighted by molar-refractivity contribution is 4.83. The second-order valence-electron chi connectivity index (χ2n) is 4.29. The quantitative estimate of drug-likeness (QED) is 0.664. The van der Waals surface area contributed by atoms with Crippen LogP contribution in [0.4, 0.5) is 0 Å². The van der Waals surface area contributed by atoms with Crippen molar-refractivity contribution in [3.8, 4) is 0 Å². The molecule has 2 aliphatic rings. The minimum absolute atomic E-state index is 0.0656. The molecule has 2 heteroatoms. The Balaban J connectivity index is 1.58. The van der Waals surface area contributed by atoms with E-state index < -0.39 is 0 Å². The summed E-state index contributed by atoms with van der Waals surface area (Å²) in [5, 5.41) is 13.0.